The summed E-state index contributed by atoms with van der Waals surface area (Å²) < 4.78 is 0. The first-order valence-electron chi connectivity index (χ1n) is 5.46. The molecule has 0 radical (unpaired) electrons. The molecule has 4 nitrogen and oxygen atoms in total. The first-order chi connectivity index (χ1) is 7.61. The number of hydrogen-bond acceptors (Lipinski definition) is 3. The highest BCUT2D eigenvalue weighted by molar-refractivity contribution is 6.01. The standard InChI is InChI=1S/C12H14N2O2/c1-14-7-12(4-5-12)11(16)13-9-3-2-8(15)6-10(9)14/h2-3,6,15H,4-5,7H2,1H3,(H,13,16). The lowest BCUT2D eigenvalue weighted by atomic mass is 10.1. The highest BCUT2D eigenvalue weighted by Gasteiger charge is 2.51. The van der Waals surface area contributed by atoms with Gasteiger partial charge in [-0.3, -0.25) is 4.79 Å². The molecule has 0 saturated heterocycles. The van der Waals surface area contributed by atoms with Crippen molar-refractivity contribution < 1.29 is 9.90 Å². The molecule has 1 amide bonds. The SMILES string of the molecule is CN1CC2(CC2)C(=O)Nc2ccc(O)cc21. The predicted molar refractivity (Wildman–Crippen MR) is 61.7 cm³/mol. The van der Waals surface area contributed by atoms with Crippen LogP contribution in [0, 0.1) is 5.41 Å². The highest BCUT2D eigenvalue weighted by Crippen LogP contribution is 2.50. The van der Waals surface area contributed by atoms with Crippen LogP contribution in [0.15, 0.2) is 18.2 Å². The van der Waals surface area contributed by atoms with Gasteiger partial charge in [0.15, 0.2) is 0 Å². The Morgan fingerprint density at radius 2 is 2.19 bits per heavy atom. The van der Waals surface area contributed by atoms with E-state index in [-0.39, 0.29) is 17.1 Å². The van der Waals surface area contributed by atoms with Gasteiger partial charge in [-0.25, -0.2) is 0 Å². The zero-order chi connectivity index (χ0) is 11.3. The lowest BCUT2D eigenvalue weighted by Gasteiger charge is -2.21. The van der Waals surface area contributed by atoms with Gasteiger partial charge in [-0.2, -0.15) is 0 Å². The number of anilines is 2. The van der Waals surface area contributed by atoms with Crippen molar-refractivity contribution in [2.24, 2.45) is 5.41 Å². The minimum Gasteiger partial charge on any atom is -0.508 e. The van der Waals surface area contributed by atoms with Crippen molar-refractivity contribution in [3.63, 3.8) is 0 Å². The van der Waals surface area contributed by atoms with E-state index >= 15 is 0 Å². The minimum absolute atomic E-state index is 0.115. The maximum Gasteiger partial charge on any atom is 0.232 e. The van der Waals surface area contributed by atoms with E-state index in [1.807, 2.05) is 11.9 Å². The van der Waals surface area contributed by atoms with Gasteiger partial charge in [-0.05, 0) is 25.0 Å². The van der Waals surface area contributed by atoms with Crippen LogP contribution >= 0.6 is 0 Å². The van der Waals surface area contributed by atoms with E-state index in [4.69, 9.17) is 0 Å². The number of amides is 1. The van der Waals surface area contributed by atoms with Crippen LogP contribution in [0.4, 0.5) is 11.4 Å². The fourth-order valence-electron chi connectivity index (χ4n) is 2.34. The normalized spacial score (nSPS) is 21.3. The third kappa shape index (κ3) is 1.26. The summed E-state index contributed by atoms with van der Waals surface area (Å²) in [6.07, 6.45) is 1.92. The summed E-state index contributed by atoms with van der Waals surface area (Å²) in [6, 6.07) is 5.04. The fourth-order valence-corrected chi connectivity index (χ4v) is 2.34. The molecule has 0 unspecified atom stereocenters. The third-order valence-electron chi connectivity index (χ3n) is 3.52. The maximum atomic E-state index is 12.0. The first kappa shape index (κ1) is 9.51. The van der Waals surface area contributed by atoms with Crippen LogP contribution < -0.4 is 10.2 Å². The Morgan fingerprint density at radius 1 is 1.44 bits per heavy atom. The maximum absolute atomic E-state index is 12.0. The van der Waals surface area contributed by atoms with E-state index < -0.39 is 0 Å². The molecule has 1 spiro atoms. The molecule has 1 heterocycles. The van der Waals surface area contributed by atoms with Crippen LogP contribution in [-0.2, 0) is 4.79 Å². The van der Waals surface area contributed by atoms with Gasteiger partial charge < -0.3 is 15.3 Å². The van der Waals surface area contributed by atoms with E-state index in [0.717, 1.165) is 30.8 Å². The molecule has 1 aromatic carbocycles. The molecular weight excluding hydrogens is 204 g/mol. The molecule has 2 N–H and O–H groups in total. The molecule has 1 aliphatic heterocycles. The van der Waals surface area contributed by atoms with Crippen LogP contribution in [-0.4, -0.2) is 24.6 Å². The van der Waals surface area contributed by atoms with Crippen molar-refractivity contribution in [3.8, 4) is 5.75 Å². The second-order valence-corrected chi connectivity index (χ2v) is 4.79. The Morgan fingerprint density at radius 3 is 2.88 bits per heavy atom. The minimum atomic E-state index is -0.191. The molecule has 16 heavy (non-hydrogen) atoms. The number of hydrogen-bond donors (Lipinski definition) is 2. The molecule has 1 saturated carbocycles. The third-order valence-corrected chi connectivity index (χ3v) is 3.52. The molecule has 0 atom stereocenters. The van der Waals surface area contributed by atoms with Crippen molar-refractivity contribution in [1.82, 2.24) is 0 Å². The van der Waals surface area contributed by atoms with Gasteiger partial charge >= 0.3 is 0 Å². The number of nitrogens with zero attached hydrogens (tertiary/aromatic N) is 1. The summed E-state index contributed by atoms with van der Waals surface area (Å²) in [5.74, 6) is 0.343. The molecular formula is C12H14N2O2. The number of fused-ring (bicyclic) bond motifs is 1. The van der Waals surface area contributed by atoms with Crippen molar-refractivity contribution in [2.75, 3.05) is 23.8 Å². The van der Waals surface area contributed by atoms with Crippen LogP contribution in [0.5, 0.6) is 5.75 Å². The molecule has 0 bridgehead atoms. The molecule has 4 heteroatoms. The van der Waals surface area contributed by atoms with Gasteiger partial charge in [0.1, 0.15) is 5.75 Å². The molecule has 2 aliphatic rings. The summed E-state index contributed by atoms with van der Waals surface area (Å²) in [7, 11) is 1.96. The van der Waals surface area contributed by atoms with Gasteiger partial charge in [-0.15, -0.1) is 0 Å². The largest absolute Gasteiger partial charge is 0.508 e. The first-order valence-corrected chi connectivity index (χ1v) is 5.46. The molecule has 1 aliphatic carbocycles. The van der Waals surface area contributed by atoms with Crippen molar-refractivity contribution in [3.05, 3.63) is 18.2 Å². The van der Waals surface area contributed by atoms with Crippen LogP contribution in [0.1, 0.15) is 12.8 Å². The fraction of sp³-hybridized carbons (Fsp3) is 0.417. The smallest absolute Gasteiger partial charge is 0.232 e. The van der Waals surface area contributed by atoms with Crippen LogP contribution in [0.2, 0.25) is 0 Å². The average molecular weight is 218 g/mol. The van der Waals surface area contributed by atoms with E-state index in [2.05, 4.69) is 5.32 Å². The van der Waals surface area contributed by atoms with E-state index in [9.17, 15) is 9.90 Å². The number of benzene rings is 1. The number of phenols is 1. The average Bonchev–Trinajstić information content (AvgIpc) is 3.01. The van der Waals surface area contributed by atoms with Gasteiger partial charge in [-0.1, -0.05) is 0 Å². The second kappa shape index (κ2) is 2.90. The van der Waals surface area contributed by atoms with Gasteiger partial charge in [0.25, 0.3) is 0 Å². The molecule has 1 fully saturated rings. The highest BCUT2D eigenvalue weighted by atomic mass is 16.3. The van der Waals surface area contributed by atoms with Crippen molar-refractivity contribution in [1.29, 1.82) is 0 Å². The molecule has 0 aromatic heterocycles. The van der Waals surface area contributed by atoms with E-state index in [1.54, 1.807) is 18.2 Å². The zero-order valence-corrected chi connectivity index (χ0v) is 9.16. The number of phenolic OH excluding ortho intramolecular Hbond substituents is 1. The summed E-state index contributed by atoms with van der Waals surface area (Å²) in [5.41, 5.74) is 1.48. The zero-order valence-electron chi connectivity index (χ0n) is 9.16. The molecule has 3 rings (SSSR count). The quantitative estimate of drug-likeness (QED) is 0.650. The van der Waals surface area contributed by atoms with Gasteiger partial charge in [0.2, 0.25) is 5.91 Å². The van der Waals surface area contributed by atoms with Crippen molar-refractivity contribution in [2.45, 2.75) is 12.8 Å². The topological polar surface area (TPSA) is 52.6 Å². The summed E-state index contributed by atoms with van der Waals surface area (Å²) in [6.45, 7) is 0.731. The molecule has 1 aromatic rings. The second-order valence-electron chi connectivity index (χ2n) is 4.79. The van der Waals surface area contributed by atoms with E-state index in [0.29, 0.717) is 0 Å². The lowest BCUT2D eigenvalue weighted by molar-refractivity contribution is -0.120. The number of aromatic hydroxyl groups is 1. The predicted octanol–water partition coefficient (Wildman–Crippen LogP) is 1.56. The van der Waals surface area contributed by atoms with Crippen LogP contribution in [0.25, 0.3) is 0 Å². The number of rotatable bonds is 0. The number of nitrogens with one attached hydrogen (secondary N) is 1. The molecule has 84 valence electrons. The Bertz CT molecular complexity index is 466. The van der Waals surface area contributed by atoms with Crippen LogP contribution in [0.3, 0.4) is 0 Å². The summed E-state index contributed by atoms with van der Waals surface area (Å²) >= 11 is 0. The number of carbonyl (C=O) groups excluding carboxylic acids is 1. The Kier molecular flexibility index (Phi) is 1.73. The Balaban J connectivity index is 2.06. The van der Waals surface area contributed by atoms with E-state index in [1.165, 1.54) is 0 Å². The summed E-state index contributed by atoms with van der Waals surface area (Å²) in [4.78, 5) is 14.0. The monoisotopic (exact) mass is 218 g/mol. The number of carbonyl (C=O) groups is 1. The van der Waals surface area contributed by atoms with Crippen molar-refractivity contribution >= 4 is 17.3 Å². The van der Waals surface area contributed by atoms with Gasteiger partial charge in [0.05, 0.1) is 16.8 Å². The summed E-state index contributed by atoms with van der Waals surface area (Å²) in [5, 5.41) is 12.4. The Labute approximate surface area is 93.9 Å². The Hall–Kier alpha value is -1.71. The lowest BCUT2D eigenvalue weighted by Crippen LogP contribution is -2.31. The van der Waals surface area contributed by atoms with Gasteiger partial charge in [0, 0.05) is 19.7 Å².